The number of aliphatic hydroxyl groups is 1. The lowest BCUT2D eigenvalue weighted by atomic mass is 9.66. The van der Waals surface area contributed by atoms with E-state index in [1.807, 2.05) is 75.4 Å². The maximum atomic E-state index is 15.2. The number of amides is 3. The van der Waals surface area contributed by atoms with Gasteiger partial charge in [-0.2, -0.15) is 0 Å². The van der Waals surface area contributed by atoms with Crippen LogP contribution in [0.25, 0.3) is 0 Å². The molecular formula is C40H44ClN3O6. The molecule has 3 heterocycles. The van der Waals surface area contributed by atoms with Crippen LogP contribution in [0.3, 0.4) is 0 Å². The predicted octanol–water partition coefficient (Wildman–Crippen LogP) is 6.28. The fourth-order valence-corrected chi connectivity index (χ4v) is 8.75. The number of aliphatic hydroxyl groups excluding tert-OH is 1. The molecule has 262 valence electrons. The predicted molar refractivity (Wildman–Crippen MR) is 194 cm³/mol. The molecule has 2 bridgehead atoms. The van der Waals surface area contributed by atoms with Crippen molar-refractivity contribution in [1.29, 1.82) is 0 Å². The molecule has 6 atom stereocenters. The number of anilines is 2. The SMILES string of the molecule is C=CCN(C(=O)[C@H]1[C@H]2C(=O)N([C@H](CO)c3ccccc3)C(C(=O)N(CC=C)c3c(C)cccc3Cl)C23CC[C@]1(C)O3)c1ccc(OCC)cc1. The fraction of sp³-hybridized carbons (Fsp3) is 0.375. The minimum absolute atomic E-state index is 0.113. The van der Waals surface area contributed by atoms with Crippen molar-refractivity contribution in [3.05, 3.63) is 114 Å². The van der Waals surface area contributed by atoms with Crippen molar-refractivity contribution in [3.8, 4) is 5.75 Å². The summed E-state index contributed by atoms with van der Waals surface area (Å²) in [7, 11) is 0. The standard InChI is InChI=1S/C40H44ClN3O6/c1-6-23-42(28-17-19-29(20-18-28)49-8-3)36(46)32-33-37(47)44(31(25-45)27-14-10-9-11-15-27)35(40(33)22-21-39(32,5)50-40)38(48)43(24-7-2)34-26(4)13-12-16-30(34)41/h6-7,9-20,31-33,35,45H,1-2,8,21-25H2,3-5H3/t31-,32-,33+,35?,39+,40?/m1/s1. The van der Waals surface area contributed by atoms with Crippen LogP contribution in [0.5, 0.6) is 5.75 Å². The molecule has 0 aliphatic carbocycles. The van der Waals surface area contributed by atoms with Gasteiger partial charge >= 0.3 is 0 Å². The smallest absolute Gasteiger partial charge is 0.253 e. The molecule has 3 amide bonds. The number of carbonyl (C=O) groups excluding carboxylic acids is 3. The normalized spacial score (nSPS) is 25.6. The van der Waals surface area contributed by atoms with Gasteiger partial charge in [0.05, 0.1) is 47.4 Å². The average molecular weight is 698 g/mol. The van der Waals surface area contributed by atoms with Gasteiger partial charge in [-0.1, -0.05) is 66.2 Å². The first-order chi connectivity index (χ1) is 24.1. The van der Waals surface area contributed by atoms with Gasteiger partial charge in [0, 0.05) is 18.8 Å². The van der Waals surface area contributed by atoms with Crippen LogP contribution in [0.4, 0.5) is 11.4 Å². The Bertz CT molecular complexity index is 1760. The maximum Gasteiger partial charge on any atom is 0.253 e. The van der Waals surface area contributed by atoms with Gasteiger partial charge in [-0.3, -0.25) is 14.4 Å². The maximum absolute atomic E-state index is 15.2. The highest BCUT2D eigenvalue weighted by atomic mass is 35.5. The Morgan fingerprint density at radius 1 is 1.02 bits per heavy atom. The Kier molecular flexibility index (Phi) is 9.95. The monoisotopic (exact) mass is 697 g/mol. The van der Waals surface area contributed by atoms with E-state index in [9.17, 15) is 9.90 Å². The van der Waals surface area contributed by atoms with Crippen molar-refractivity contribution in [3.63, 3.8) is 0 Å². The number of carbonyl (C=O) groups is 3. The number of benzene rings is 3. The second-order valence-electron chi connectivity index (χ2n) is 13.4. The molecule has 3 fully saturated rings. The summed E-state index contributed by atoms with van der Waals surface area (Å²) in [6.45, 7) is 13.8. The van der Waals surface area contributed by atoms with Gasteiger partial charge in [0.25, 0.3) is 5.91 Å². The number of likely N-dealkylation sites (tertiary alicyclic amines) is 1. The summed E-state index contributed by atoms with van der Waals surface area (Å²) in [5, 5.41) is 11.3. The zero-order valence-electron chi connectivity index (χ0n) is 28.8. The van der Waals surface area contributed by atoms with Gasteiger partial charge in [0.15, 0.2) is 0 Å². The first-order valence-corrected chi connectivity index (χ1v) is 17.4. The Morgan fingerprint density at radius 2 is 1.70 bits per heavy atom. The Balaban J connectivity index is 1.49. The molecule has 0 aromatic heterocycles. The molecular weight excluding hydrogens is 654 g/mol. The molecule has 3 aromatic carbocycles. The molecule has 3 saturated heterocycles. The minimum atomic E-state index is -1.35. The number of ether oxygens (including phenoxy) is 2. The summed E-state index contributed by atoms with van der Waals surface area (Å²) in [5.74, 6) is -2.36. The van der Waals surface area contributed by atoms with E-state index in [2.05, 4.69) is 13.2 Å². The van der Waals surface area contributed by atoms with Crippen LogP contribution in [0.1, 0.15) is 43.9 Å². The van der Waals surface area contributed by atoms with Crippen LogP contribution in [0, 0.1) is 18.8 Å². The third-order valence-corrected chi connectivity index (χ3v) is 10.8. The average Bonchev–Trinajstić information content (AvgIpc) is 3.68. The highest BCUT2D eigenvalue weighted by Gasteiger charge is 2.79. The lowest BCUT2D eigenvalue weighted by Gasteiger charge is -2.40. The van der Waals surface area contributed by atoms with Crippen molar-refractivity contribution in [2.75, 3.05) is 36.1 Å². The number of aryl methyl sites for hydroxylation is 1. The van der Waals surface area contributed by atoms with E-state index in [-0.39, 0.29) is 19.0 Å². The zero-order valence-corrected chi connectivity index (χ0v) is 29.5. The van der Waals surface area contributed by atoms with Crippen molar-refractivity contribution >= 4 is 40.7 Å². The number of halogens is 1. The Hall–Kier alpha value is -4.44. The van der Waals surface area contributed by atoms with E-state index in [1.165, 1.54) is 4.90 Å². The molecule has 3 aliphatic heterocycles. The van der Waals surface area contributed by atoms with Gasteiger partial charge in [-0.15, -0.1) is 13.2 Å². The van der Waals surface area contributed by atoms with E-state index in [4.69, 9.17) is 21.1 Å². The van der Waals surface area contributed by atoms with E-state index in [0.29, 0.717) is 47.2 Å². The fourth-order valence-electron chi connectivity index (χ4n) is 8.43. The van der Waals surface area contributed by atoms with Gasteiger partial charge in [0.1, 0.15) is 17.4 Å². The lowest BCUT2D eigenvalue weighted by molar-refractivity contribution is -0.148. The van der Waals surface area contributed by atoms with E-state index in [0.717, 1.165) is 5.56 Å². The molecule has 2 unspecified atom stereocenters. The molecule has 6 rings (SSSR count). The quantitative estimate of drug-likeness (QED) is 0.211. The van der Waals surface area contributed by atoms with Gasteiger partial charge in [-0.25, -0.2) is 0 Å². The molecule has 50 heavy (non-hydrogen) atoms. The molecule has 9 nitrogen and oxygen atoms in total. The van der Waals surface area contributed by atoms with Crippen molar-refractivity contribution < 1.29 is 29.0 Å². The van der Waals surface area contributed by atoms with Gasteiger partial charge < -0.3 is 29.3 Å². The highest BCUT2D eigenvalue weighted by molar-refractivity contribution is 6.34. The lowest BCUT2D eigenvalue weighted by Crippen LogP contribution is -2.57. The summed E-state index contributed by atoms with van der Waals surface area (Å²) in [6.07, 6.45) is 4.09. The molecule has 10 heteroatoms. The van der Waals surface area contributed by atoms with Gasteiger partial charge in [-0.05, 0) is 75.1 Å². The molecule has 0 radical (unpaired) electrons. The number of fused-ring (bicyclic) bond motifs is 1. The van der Waals surface area contributed by atoms with E-state index < -0.39 is 53.5 Å². The van der Waals surface area contributed by atoms with E-state index in [1.54, 1.807) is 40.2 Å². The number of para-hydroxylation sites is 1. The zero-order chi connectivity index (χ0) is 35.8. The van der Waals surface area contributed by atoms with Crippen LogP contribution in [-0.2, 0) is 19.1 Å². The summed E-state index contributed by atoms with van der Waals surface area (Å²) in [6, 6.07) is 19.7. The van der Waals surface area contributed by atoms with Crippen molar-refractivity contribution in [2.45, 2.75) is 56.9 Å². The second kappa shape index (κ2) is 14.1. The third kappa shape index (κ3) is 5.71. The summed E-state index contributed by atoms with van der Waals surface area (Å²) >= 11 is 6.74. The highest BCUT2D eigenvalue weighted by Crippen LogP contribution is 2.64. The molecule has 3 aromatic rings. The van der Waals surface area contributed by atoms with Crippen molar-refractivity contribution in [1.82, 2.24) is 4.90 Å². The number of hydrogen-bond donors (Lipinski definition) is 1. The van der Waals surface area contributed by atoms with Crippen LogP contribution in [0.15, 0.2) is 98.1 Å². The molecule has 3 aliphatic rings. The van der Waals surface area contributed by atoms with Crippen LogP contribution >= 0.6 is 11.6 Å². The Labute approximate surface area is 298 Å². The number of nitrogens with zero attached hydrogens (tertiary/aromatic N) is 3. The van der Waals surface area contributed by atoms with Crippen LogP contribution in [-0.4, -0.2) is 71.3 Å². The largest absolute Gasteiger partial charge is 0.494 e. The van der Waals surface area contributed by atoms with Crippen LogP contribution in [0.2, 0.25) is 5.02 Å². The molecule has 0 saturated carbocycles. The minimum Gasteiger partial charge on any atom is -0.494 e. The summed E-state index contributed by atoms with van der Waals surface area (Å²) in [5.41, 5.74) is 0.180. The molecule has 1 N–H and O–H groups in total. The van der Waals surface area contributed by atoms with Crippen molar-refractivity contribution in [2.24, 2.45) is 11.8 Å². The second-order valence-corrected chi connectivity index (χ2v) is 13.8. The third-order valence-electron chi connectivity index (χ3n) is 10.5. The number of rotatable bonds is 13. The summed E-state index contributed by atoms with van der Waals surface area (Å²) < 4.78 is 12.6. The van der Waals surface area contributed by atoms with E-state index >= 15 is 9.59 Å². The number of hydrogen-bond acceptors (Lipinski definition) is 6. The molecule has 1 spiro atoms. The first kappa shape index (κ1) is 35.4. The Morgan fingerprint density at radius 3 is 2.32 bits per heavy atom. The summed E-state index contributed by atoms with van der Waals surface area (Å²) in [4.78, 5) is 49.9. The topological polar surface area (TPSA) is 99.6 Å². The van der Waals surface area contributed by atoms with Gasteiger partial charge in [0.2, 0.25) is 11.8 Å². The van der Waals surface area contributed by atoms with Crippen LogP contribution < -0.4 is 14.5 Å². The first-order valence-electron chi connectivity index (χ1n) is 17.1.